The molecular weight excluding hydrogens is 575 g/mol. The van der Waals surface area contributed by atoms with E-state index in [0.29, 0.717) is 41.2 Å². The van der Waals surface area contributed by atoms with Crippen molar-refractivity contribution in [2.75, 3.05) is 14.2 Å². The van der Waals surface area contributed by atoms with Crippen LogP contribution in [0.5, 0.6) is 0 Å². The van der Waals surface area contributed by atoms with E-state index in [9.17, 15) is 14.4 Å². The summed E-state index contributed by atoms with van der Waals surface area (Å²) in [4.78, 5) is 44.0. The number of hydrogen-bond donors (Lipinski definition) is 1. The van der Waals surface area contributed by atoms with Crippen molar-refractivity contribution < 1.29 is 28.6 Å². The standard InChI is InChI=1S/C27H29IN2O6/c1-7-17-15(3)23(36-27(17)33)13-20-14(2)18(8-10-24(31)34-5)21(29-20)12-22-19(9-11-25(32)35-6)16(4)26(28)30-22/h7,12-13,30H,1,8-11H2,2-6H3/b21-12-,23-13-. The van der Waals surface area contributed by atoms with Crippen LogP contribution in [0.25, 0.3) is 6.08 Å². The van der Waals surface area contributed by atoms with E-state index in [0.717, 1.165) is 31.7 Å². The number of methoxy groups -OCH3 is 2. The average Bonchev–Trinajstić information content (AvgIpc) is 3.40. The van der Waals surface area contributed by atoms with Gasteiger partial charge in [-0.05, 0) is 84.6 Å². The number of aromatic nitrogens is 1. The molecule has 190 valence electrons. The first-order valence-electron chi connectivity index (χ1n) is 11.4. The zero-order valence-corrected chi connectivity index (χ0v) is 23.2. The van der Waals surface area contributed by atoms with Gasteiger partial charge < -0.3 is 19.2 Å². The number of carbonyl (C=O) groups is 3. The summed E-state index contributed by atoms with van der Waals surface area (Å²) in [5.41, 5.74) is 7.12. The first-order valence-corrected chi connectivity index (χ1v) is 12.5. The van der Waals surface area contributed by atoms with E-state index in [4.69, 9.17) is 19.2 Å². The zero-order chi connectivity index (χ0) is 26.6. The highest BCUT2D eigenvalue weighted by molar-refractivity contribution is 14.1. The lowest BCUT2D eigenvalue weighted by molar-refractivity contribution is -0.141. The second-order valence-electron chi connectivity index (χ2n) is 8.38. The Hall–Kier alpha value is -3.21. The van der Waals surface area contributed by atoms with Gasteiger partial charge in [0, 0.05) is 30.2 Å². The number of allylic oxidation sites excluding steroid dienone is 4. The topological polar surface area (TPSA) is 107 Å². The van der Waals surface area contributed by atoms with Crippen molar-refractivity contribution in [3.8, 4) is 0 Å². The van der Waals surface area contributed by atoms with Crippen molar-refractivity contribution in [3.63, 3.8) is 0 Å². The Morgan fingerprint density at radius 3 is 2.28 bits per heavy atom. The first-order chi connectivity index (χ1) is 17.1. The number of ether oxygens (including phenoxy) is 3. The van der Waals surface area contributed by atoms with Gasteiger partial charge in [-0.1, -0.05) is 12.7 Å². The number of aromatic amines is 1. The molecule has 2 aliphatic rings. The fraction of sp³-hybridized carbons (Fsp3) is 0.333. The molecule has 0 aromatic carbocycles. The predicted molar refractivity (Wildman–Crippen MR) is 145 cm³/mol. The Kier molecular flexibility index (Phi) is 8.89. The number of nitrogens with one attached hydrogen (secondary N) is 1. The lowest BCUT2D eigenvalue weighted by Crippen LogP contribution is -2.03. The molecule has 1 aromatic rings. The molecule has 1 aromatic heterocycles. The summed E-state index contributed by atoms with van der Waals surface area (Å²) >= 11 is 2.23. The van der Waals surface area contributed by atoms with Crippen molar-refractivity contribution in [2.24, 2.45) is 4.99 Å². The van der Waals surface area contributed by atoms with E-state index < -0.39 is 5.97 Å². The number of rotatable bonds is 9. The van der Waals surface area contributed by atoms with Crippen molar-refractivity contribution >= 4 is 52.3 Å². The highest BCUT2D eigenvalue weighted by Gasteiger charge is 2.27. The van der Waals surface area contributed by atoms with Gasteiger partial charge in [-0.3, -0.25) is 9.59 Å². The molecule has 0 aliphatic carbocycles. The van der Waals surface area contributed by atoms with Crippen LogP contribution in [0.2, 0.25) is 0 Å². The van der Waals surface area contributed by atoms with E-state index in [1.165, 1.54) is 20.3 Å². The van der Waals surface area contributed by atoms with Crippen LogP contribution in [0.1, 0.15) is 49.9 Å². The minimum absolute atomic E-state index is 0.199. The Bertz CT molecular complexity index is 1290. The predicted octanol–water partition coefficient (Wildman–Crippen LogP) is 5.04. The zero-order valence-electron chi connectivity index (χ0n) is 21.0. The molecule has 3 heterocycles. The van der Waals surface area contributed by atoms with Crippen molar-refractivity contribution in [3.05, 3.63) is 73.0 Å². The van der Waals surface area contributed by atoms with Gasteiger partial charge in [-0.15, -0.1) is 0 Å². The molecule has 0 fully saturated rings. The Morgan fingerprint density at radius 2 is 1.69 bits per heavy atom. The molecule has 1 N–H and O–H groups in total. The largest absolute Gasteiger partial charge is 0.469 e. The molecule has 0 atom stereocenters. The Balaban J connectivity index is 2.06. The number of halogens is 1. The highest BCUT2D eigenvalue weighted by atomic mass is 127. The van der Waals surface area contributed by atoms with Gasteiger partial charge in [0.15, 0.2) is 0 Å². The summed E-state index contributed by atoms with van der Waals surface area (Å²) in [6.45, 7) is 9.41. The number of H-pyrrole nitrogens is 1. The SMILES string of the molecule is C=CC1=C(C)/C(=C/C2=NC(=C\c3[nH]c(I)c(C)c3CCC(=O)OC)/C(CCC(=O)OC)=C2C)OC1=O. The Labute approximate surface area is 224 Å². The number of carbonyl (C=O) groups excluding carboxylic acids is 3. The molecule has 0 bridgehead atoms. The fourth-order valence-corrected chi connectivity index (χ4v) is 4.70. The van der Waals surface area contributed by atoms with Gasteiger partial charge in [-0.25, -0.2) is 9.79 Å². The van der Waals surface area contributed by atoms with Gasteiger partial charge in [0.1, 0.15) is 5.76 Å². The molecule has 8 nitrogen and oxygen atoms in total. The van der Waals surface area contributed by atoms with Crippen LogP contribution in [-0.2, 0) is 35.0 Å². The van der Waals surface area contributed by atoms with Gasteiger partial charge >= 0.3 is 17.9 Å². The van der Waals surface area contributed by atoms with E-state index in [2.05, 4.69) is 34.2 Å². The average molecular weight is 604 g/mol. The van der Waals surface area contributed by atoms with Gasteiger partial charge in [-0.2, -0.15) is 0 Å². The van der Waals surface area contributed by atoms with E-state index >= 15 is 0 Å². The number of esters is 3. The fourth-order valence-electron chi connectivity index (χ4n) is 4.08. The third kappa shape index (κ3) is 5.77. The van der Waals surface area contributed by atoms with Gasteiger partial charge in [0.25, 0.3) is 0 Å². The summed E-state index contributed by atoms with van der Waals surface area (Å²) < 4.78 is 16.0. The minimum atomic E-state index is -0.442. The van der Waals surface area contributed by atoms with E-state index in [1.54, 1.807) is 13.0 Å². The summed E-state index contributed by atoms with van der Waals surface area (Å²) in [7, 11) is 2.74. The molecule has 0 radical (unpaired) electrons. The number of hydrogen-bond acceptors (Lipinski definition) is 7. The third-order valence-corrected chi connectivity index (χ3v) is 7.38. The monoisotopic (exact) mass is 604 g/mol. The maximum Gasteiger partial charge on any atom is 0.343 e. The van der Waals surface area contributed by atoms with E-state index in [1.807, 2.05) is 19.9 Å². The van der Waals surface area contributed by atoms with Crippen LogP contribution in [0.15, 0.2) is 57.5 Å². The van der Waals surface area contributed by atoms with Crippen molar-refractivity contribution in [2.45, 2.75) is 46.5 Å². The second kappa shape index (κ2) is 11.7. The molecule has 2 aliphatic heterocycles. The smallest absolute Gasteiger partial charge is 0.343 e. The van der Waals surface area contributed by atoms with Crippen LogP contribution >= 0.6 is 22.6 Å². The molecule has 36 heavy (non-hydrogen) atoms. The summed E-state index contributed by atoms with van der Waals surface area (Å²) in [5.74, 6) is -0.613. The third-order valence-electron chi connectivity index (χ3n) is 6.30. The van der Waals surface area contributed by atoms with Crippen LogP contribution in [0.3, 0.4) is 0 Å². The van der Waals surface area contributed by atoms with Crippen LogP contribution in [-0.4, -0.2) is 42.8 Å². The molecular formula is C27H29IN2O6. The summed E-state index contributed by atoms with van der Waals surface area (Å²) in [6, 6.07) is 0. The van der Waals surface area contributed by atoms with Crippen molar-refractivity contribution in [1.29, 1.82) is 0 Å². The molecule has 0 spiro atoms. The highest BCUT2D eigenvalue weighted by Crippen LogP contribution is 2.35. The molecule has 9 heteroatoms. The number of cyclic esters (lactones) is 1. The molecule has 0 saturated heterocycles. The lowest BCUT2D eigenvalue weighted by atomic mass is 9.98. The number of nitrogens with zero attached hydrogens (tertiary/aromatic N) is 1. The summed E-state index contributed by atoms with van der Waals surface area (Å²) in [6.07, 6.45) is 6.56. The van der Waals surface area contributed by atoms with Gasteiger partial charge in [0.05, 0.1) is 34.9 Å². The first kappa shape index (κ1) is 27.4. The quantitative estimate of drug-likeness (QED) is 0.241. The van der Waals surface area contributed by atoms with Gasteiger partial charge in [0.2, 0.25) is 0 Å². The lowest BCUT2D eigenvalue weighted by Gasteiger charge is -2.07. The maximum absolute atomic E-state index is 12.1. The molecule has 0 amide bonds. The van der Waals surface area contributed by atoms with Crippen LogP contribution < -0.4 is 0 Å². The summed E-state index contributed by atoms with van der Waals surface area (Å²) in [5, 5.41) is 0. The van der Waals surface area contributed by atoms with Crippen molar-refractivity contribution in [1.82, 2.24) is 4.98 Å². The number of aliphatic imine (C=N–C) groups is 1. The van der Waals surface area contributed by atoms with Crippen LogP contribution in [0, 0.1) is 10.6 Å². The Morgan fingerprint density at radius 1 is 1.06 bits per heavy atom. The molecule has 3 rings (SSSR count). The second-order valence-corrected chi connectivity index (χ2v) is 9.46. The normalized spacial score (nSPS) is 17.7. The minimum Gasteiger partial charge on any atom is -0.469 e. The molecule has 0 unspecified atom stereocenters. The van der Waals surface area contributed by atoms with E-state index in [-0.39, 0.29) is 24.8 Å². The van der Waals surface area contributed by atoms with Crippen LogP contribution in [0.4, 0.5) is 0 Å². The molecule has 0 saturated carbocycles. The maximum atomic E-state index is 12.1.